The SMILES string of the molecule is Fc1ccccc1-c1ccc(C(F)(F)F)nc1F. The number of halogens is 5. The van der Waals surface area contributed by atoms with Crippen LogP contribution >= 0.6 is 0 Å². The van der Waals surface area contributed by atoms with Gasteiger partial charge in [0.25, 0.3) is 0 Å². The van der Waals surface area contributed by atoms with Gasteiger partial charge in [0.15, 0.2) is 0 Å². The third-order valence-corrected chi connectivity index (χ3v) is 2.30. The molecule has 0 spiro atoms. The molecule has 0 bridgehead atoms. The van der Waals surface area contributed by atoms with E-state index in [-0.39, 0.29) is 11.1 Å². The van der Waals surface area contributed by atoms with E-state index in [9.17, 15) is 22.0 Å². The number of aromatic nitrogens is 1. The minimum Gasteiger partial charge on any atom is -0.215 e. The highest BCUT2D eigenvalue weighted by molar-refractivity contribution is 5.63. The molecule has 6 heteroatoms. The summed E-state index contributed by atoms with van der Waals surface area (Å²) in [6.07, 6.45) is -4.73. The van der Waals surface area contributed by atoms with Crippen LogP contribution in [0, 0.1) is 11.8 Å². The molecule has 2 rings (SSSR count). The standard InChI is InChI=1S/C12H6F5N/c13-9-4-2-1-3-7(9)8-5-6-10(12(15,16)17)18-11(8)14/h1-6H. The smallest absolute Gasteiger partial charge is 0.215 e. The molecule has 2 aromatic rings. The minimum atomic E-state index is -4.73. The van der Waals surface area contributed by atoms with Crippen molar-refractivity contribution in [3.8, 4) is 11.1 Å². The van der Waals surface area contributed by atoms with Gasteiger partial charge in [-0.1, -0.05) is 18.2 Å². The number of hydrogen-bond donors (Lipinski definition) is 0. The summed E-state index contributed by atoms with van der Waals surface area (Å²) in [6.45, 7) is 0. The zero-order valence-electron chi connectivity index (χ0n) is 8.80. The molecule has 0 amide bonds. The lowest BCUT2D eigenvalue weighted by Gasteiger charge is -2.08. The van der Waals surface area contributed by atoms with Gasteiger partial charge in [0, 0.05) is 11.1 Å². The maximum absolute atomic E-state index is 13.5. The van der Waals surface area contributed by atoms with E-state index in [1.165, 1.54) is 18.2 Å². The molecule has 0 atom stereocenters. The Labute approximate surface area is 98.9 Å². The lowest BCUT2D eigenvalue weighted by atomic mass is 10.1. The largest absolute Gasteiger partial charge is 0.433 e. The molecular weight excluding hydrogens is 253 g/mol. The fourth-order valence-electron chi connectivity index (χ4n) is 1.47. The van der Waals surface area contributed by atoms with E-state index in [0.29, 0.717) is 6.07 Å². The first-order valence-electron chi connectivity index (χ1n) is 4.88. The maximum Gasteiger partial charge on any atom is 0.433 e. The predicted octanol–water partition coefficient (Wildman–Crippen LogP) is 4.05. The zero-order valence-corrected chi connectivity index (χ0v) is 8.80. The Morgan fingerprint density at radius 2 is 1.50 bits per heavy atom. The Kier molecular flexibility index (Phi) is 3.02. The molecule has 0 unspecified atom stereocenters. The highest BCUT2D eigenvalue weighted by Crippen LogP contribution is 2.31. The molecule has 0 N–H and O–H groups in total. The van der Waals surface area contributed by atoms with E-state index >= 15 is 0 Å². The van der Waals surface area contributed by atoms with Crippen molar-refractivity contribution in [3.05, 3.63) is 53.9 Å². The van der Waals surface area contributed by atoms with Crippen molar-refractivity contribution in [3.63, 3.8) is 0 Å². The van der Waals surface area contributed by atoms with Gasteiger partial charge in [-0.15, -0.1) is 0 Å². The second-order valence-corrected chi connectivity index (χ2v) is 3.51. The zero-order chi connectivity index (χ0) is 13.3. The molecule has 0 aliphatic rings. The van der Waals surface area contributed by atoms with Crippen molar-refractivity contribution in [1.82, 2.24) is 4.98 Å². The number of benzene rings is 1. The predicted molar refractivity (Wildman–Crippen MR) is 54.6 cm³/mol. The summed E-state index contributed by atoms with van der Waals surface area (Å²) >= 11 is 0. The number of hydrogen-bond acceptors (Lipinski definition) is 1. The lowest BCUT2D eigenvalue weighted by Crippen LogP contribution is -2.09. The average molecular weight is 259 g/mol. The van der Waals surface area contributed by atoms with Crippen LogP contribution in [-0.4, -0.2) is 4.98 Å². The monoisotopic (exact) mass is 259 g/mol. The Bertz CT molecular complexity index is 577. The van der Waals surface area contributed by atoms with Crippen LogP contribution in [0.4, 0.5) is 22.0 Å². The van der Waals surface area contributed by atoms with Crippen LogP contribution in [0.5, 0.6) is 0 Å². The first kappa shape index (κ1) is 12.5. The second kappa shape index (κ2) is 4.36. The molecule has 0 fully saturated rings. The summed E-state index contributed by atoms with van der Waals surface area (Å²) in [4.78, 5) is 2.80. The Balaban J connectivity index is 2.52. The summed E-state index contributed by atoms with van der Waals surface area (Å²) < 4.78 is 63.7. The summed E-state index contributed by atoms with van der Waals surface area (Å²) in [6, 6.07) is 6.69. The molecule has 94 valence electrons. The van der Waals surface area contributed by atoms with E-state index in [1.54, 1.807) is 0 Å². The molecule has 1 aromatic heterocycles. The van der Waals surface area contributed by atoms with Gasteiger partial charge in [-0.05, 0) is 18.2 Å². The van der Waals surface area contributed by atoms with Crippen LogP contribution in [0.25, 0.3) is 11.1 Å². The van der Waals surface area contributed by atoms with Gasteiger partial charge in [-0.3, -0.25) is 0 Å². The van der Waals surface area contributed by atoms with Crippen LogP contribution in [-0.2, 0) is 6.18 Å². The minimum absolute atomic E-state index is 0.128. The van der Waals surface area contributed by atoms with Crippen molar-refractivity contribution < 1.29 is 22.0 Å². The third-order valence-electron chi connectivity index (χ3n) is 2.30. The van der Waals surface area contributed by atoms with E-state index in [0.717, 1.165) is 12.1 Å². The summed E-state index contributed by atoms with van der Waals surface area (Å²) in [5.41, 5.74) is -1.78. The molecule has 1 aromatic carbocycles. The average Bonchev–Trinajstić information content (AvgIpc) is 2.29. The Hall–Kier alpha value is -1.98. The lowest BCUT2D eigenvalue weighted by molar-refractivity contribution is -0.141. The van der Waals surface area contributed by atoms with Crippen LogP contribution < -0.4 is 0 Å². The summed E-state index contributed by atoms with van der Waals surface area (Å²) in [7, 11) is 0. The van der Waals surface area contributed by atoms with Gasteiger partial charge in [-0.25, -0.2) is 9.37 Å². The topological polar surface area (TPSA) is 12.9 Å². The van der Waals surface area contributed by atoms with Crippen molar-refractivity contribution in [2.45, 2.75) is 6.18 Å². The fourth-order valence-corrected chi connectivity index (χ4v) is 1.47. The van der Waals surface area contributed by atoms with Crippen LogP contribution in [0.1, 0.15) is 5.69 Å². The first-order valence-corrected chi connectivity index (χ1v) is 4.88. The van der Waals surface area contributed by atoms with E-state index in [1.807, 2.05) is 0 Å². The Morgan fingerprint density at radius 3 is 2.06 bits per heavy atom. The van der Waals surface area contributed by atoms with E-state index in [2.05, 4.69) is 4.98 Å². The number of nitrogens with zero attached hydrogens (tertiary/aromatic N) is 1. The first-order chi connectivity index (χ1) is 8.39. The van der Waals surface area contributed by atoms with Crippen molar-refractivity contribution in [2.75, 3.05) is 0 Å². The van der Waals surface area contributed by atoms with Gasteiger partial charge < -0.3 is 0 Å². The molecule has 1 heterocycles. The van der Waals surface area contributed by atoms with Crippen LogP contribution in [0.15, 0.2) is 36.4 Å². The van der Waals surface area contributed by atoms with Gasteiger partial charge in [-0.2, -0.15) is 17.6 Å². The van der Waals surface area contributed by atoms with Gasteiger partial charge in [0.05, 0.1) is 0 Å². The van der Waals surface area contributed by atoms with Gasteiger partial charge >= 0.3 is 6.18 Å². The maximum atomic E-state index is 13.5. The van der Waals surface area contributed by atoms with Crippen LogP contribution in [0.3, 0.4) is 0 Å². The molecular formula is C12H6F5N. The quantitative estimate of drug-likeness (QED) is 0.556. The van der Waals surface area contributed by atoms with Gasteiger partial charge in [0.1, 0.15) is 11.5 Å². The summed E-state index contributed by atoms with van der Waals surface area (Å²) in [5, 5.41) is 0. The number of pyridine rings is 1. The molecule has 0 saturated carbocycles. The summed E-state index contributed by atoms with van der Waals surface area (Å²) in [5.74, 6) is -2.08. The second-order valence-electron chi connectivity index (χ2n) is 3.51. The van der Waals surface area contributed by atoms with Crippen molar-refractivity contribution >= 4 is 0 Å². The highest BCUT2D eigenvalue weighted by Gasteiger charge is 2.33. The number of rotatable bonds is 1. The molecule has 0 radical (unpaired) electrons. The Morgan fingerprint density at radius 1 is 0.833 bits per heavy atom. The fraction of sp³-hybridized carbons (Fsp3) is 0.0833. The molecule has 0 aliphatic heterocycles. The van der Waals surface area contributed by atoms with Crippen LogP contribution in [0.2, 0.25) is 0 Å². The van der Waals surface area contributed by atoms with Gasteiger partial charge in [0.2, 0.25) is 5.95 Å². The normalized spacial score (nSPS) is 11.6. The molecule has 0 saturated heterocycles. The molecule has 18 heavy (non-hydrogen) atoms. The highest BCUT2D eigenvalue weighted by atomic mass is 19.4. The van der Waals surface area contributed by atoms with E-state index in [4.69, 9.17) is 0 Å². The molecule has 0 aliphatic carbocycles. The van der Waals surface area contributed by atoms with Crippen molar-refractivity contribution in [2.24, 2.45) is 0 Å². The van der Waals surface area contributed by atoms with Crippen molar-refractivity contribution in [1.29, 1.82) is 0 Å². The van der Waals surface area contributed by atoms with E-state index < -0.39 is 23.6 Å². The number of alkyl halides is 3. The third kappa shape index (κ3) is 2.32. The molecule has 1 nitrogen and oxygen atoms in total.